The second-order valence-corrected chi connectivity index (χ2v) is 5.07. The van der Waals surface area contributed by atoms with E-state index in [1.165, 1.54) is 0 Å². The molecule has 0 fully saturated rings. The molecular formula is C12H15NO2. The standard InChI is InChI=1S/C12H15NO2/c1-11(2,3)12(4)9-8(10(14)15-12)6-5-7-13-9/h5-7H,1-4H3. The maximum absolute atomic E-state index is 11.7. The highest BCUT2D eigenvalue weighted by Crippen LogP contribution is 2.46. The minimum Gasteiger partial charge on any atom is -0.449 e. The predicted octanol–water partition coefficient (Wildman–Crippen LogP) is 2.51. The van der Waals surface area contributed by atoms with Crippen molar-refractivity contribution in [2.24, 2.45) is 5.41 Å². The van der Waals surface area contributed by atoms with Gasteiger partial charge in [0.25, 0.3) is 0 Å². The number of hydrogen-bond acceptors (Lipinski definition) is 3. The van der Waals surface area contributed by atoms with E-state index in [-0.39, 0.29) is 11.4 Å². The van der Waals surface area contributed by atoms with Crippen molar-refractivity contribution in [1.29, 1.82) is 0 Å². The summed E-state index contributed by atoms with van der Waals surface area (Å²) in [6.07, 6.45) is 1.70. The molecule has 1 atom stereocenters. The Morgan fingerprint density at radius 3 is 2.67 bits per heavy atom. The number of ether oxygens (including phenoxy) is 1. The smallest absolute Gasteiger partial charge is 0.341 e. The molecule has 2 rings (SSSR count). The summed E-state index contributed by atoms with van der Waals surface area (Å²) in [5.41, 5.74) is 0.556. The first-order valence-electron chi connectivity index (χ1n) is 5.05. The lowest BCUT2D eigenvalue weighted by Crippen LogP contribution is -2.37. The first-order chi connectivity index (χ1) is 6.86. The lowest BCUT2D eigenvalue weighted by Gasteiger charge is -2.36. The molecule has 0 aliphatic carbocycles. The summed E-state index contributed by atoms with van der Waals surface area (Å²) in [6.45, 7) is 8.06. The van der Waals surface area contributed by atoms with Gasteiger partial charge in [-0.25, -0.2) is 4.79 Å². The average Bonchev–Trinajstić information content (AvgIpc) is 2.41. The maximum atomic E-state index is 11.7. The zero-order valence-corrected chi connectivity index (χ0v) is 9.50. The molecule has 0 bridgehead atoms. The zero-order valence-electron chi connectivity index (χ0n) is 9.50. The minimum absolute atomic E-state index is 0.164. The van der Waals surface area contributed by atoms with Crippen molar-refractivity contribution in [2.45, 2.75) is 33.3 Å². The van der Waals surface area contributed by atoms with E-state index in [2.05, 4.69) is 4.98 Å². The van der Waals surface area contributed by atoms with Crippen LogP contribution in [-0.4, -0.2) is 11.0 Å². The number of fused-ring (bicyclic) bond motifs is 1. The van der Waals surface area contributed by atoms with E-state index in [0.29, 0.717) is 5.56 Å². The number of pyridine rings is 1. The van der Waals surface area contributed by atoms with E-state index < -0.39 is 5.60 Å². The number of aromatic nitrogens is 1. The Morgan fingerprint density at radius 1 is 1.40 bits per heavy atom. The molecule has 15 heavy (non-hydrogen) atoms. The largest absolute Gasteiger partial charge is 0.449 e. The van der Waals surface area contributed by atoms with Crippen LogP contribution in [0.1, 0.15) is 43.7 Å². The molecule has 2 heterocycles. The SMILES string of the molecule is CC(C)(C)C1(C)OC(=O)c2cccnc21. The minimum atomic E-state index is -0.624. The summed E-state index contributed by atoms with van der Waals surface area (Å²) in [5.74, 6) is -0.268. The maximum Gasteiger partial charge on any atom is 0.341 e. The van der Waals surface area contributed by atoms with Crippen LogP contribution in [0.25, 0.3) is 0 Å². The molecule has 0 radical (unpaired) electrons. The molecule has 0 amide bonds. The van der Waals surface area contributed by atoms with Crippen LogP contribution in [0.2, 0.25) is 0 Å². The van der Waals surface area contributed by atoms with Gasteiger partial charge in [0, 0.05) is 11.6 Å². The molecule has 0 spiro atoms. The van der Waals surface area contributed by atoms with Gasteiger partial charge in [0.2, 0.25) is 0 Å². The molecule has 0 saturated heterocycles. The van der Waals surface area contributed by atoms with Gasteiger partial charge in [-0.2, -0.15) is 0 Å². The molecule has 1 aromatic heterocycles. The number of hydrogen-bond donors (Lipinski definition) is 0. The van der Waals surface area contributed by atoms with Crippen molar-refractivity contribution in [3.63, 3.8) is 0 Å². The summed E-state index contributed by atoms with van der Waals surface area (Å²) in [4.78, 5) is 15.9. The molecule has 80 valence electrons. The Balaban J connectivity index is 2.63. The van der Waals surface area contributed by atoms with Crippen LogP contribution in [-0.2, 0) is 10.3 Å². The zero-order chi connectivity index (χ0) is 11.3. The Morgan fingerprint density at radius 2 is 2.07 bits per heavy atom. The van der Waals surface area contributed by atoms with E-state index in [1.807, 2.05) is 27.7 Å². The van der Waals surface area contributed by atoms with Crippen molar-refractivity contribution >= 4 is 5.97 Å². The lowest BCUT2D eigenvalue weighted by molar-refractivity contribution is -0.0614. The predicted molar refractivity (Wildman–Crippen MR) is 56.5 cm³/mol. The first-order valence-corrected chi connectivity index (χ1v) is 5.05. The number of esters is 1. The summed E-state index contributed by atoms with van der Waals surface area (Å²) >= 11 is 0. The van der Waals surface area contributed by atoms with Crippen LogP contribution in [0.15, 0.2) is 18.3 Å². The van der Waals surface area contributed by atoms with Gasteiger partial charge in [0.05, 0.1) is 11.3 Å². The third kappa shape index (κ3) is 1.26. The highest BCUT2D eigenvalue weighted by molar-refractivity contribution is 5.94. The topological polar surface area (TPSA) is 39.2 Å². The molecule has 3 heteroatoms. The molecule has 0 aromatic carbocycles. The number of carbonyl (C=O) groups is 1. The fourth-order valence-corrected chi connectivity index (χ4v) is 1.75. The molecule has 3 nitrogen and oxygen atoms in total. The Hall–Kier alpha value is -1.38. The number of cyclic esters (lactones) is 1. The van der Waals surface area contributed by atoms with Crippen LogP contribution in [0.3, 0.4) is 0 Å². The van der Waals surface area contributed by atoms with E-state index in [9.17, 15) is 4.79 Å². The van der Waals surface area contributed by atoms with E-state index in [0.717, 1.165) is 5.69 Å². The molecule has 1 unspecified atom stereocenters. The first kappa shape index (κ1) is 10.1. The highest BCUT2D eigenvalue weighted by atomic mass is 16.6. The molecule has 1 aromatic rings. The molecule has 0 saturated carbocycles. The van der Waals surface area contributed by atoms with Gasteiger partial charge in [0.15, 0.2) is 5.60 Å². The van der Waals surface area contributed by atoms with E-state index >= 15 is 0 Å². The van der Waals surface area contributed by atoms with Crippen molar-refractivity contribution in [3.8, 4) is 0 Å². The van der Waals surface area contributed by atoms with Crippen LogP contribution >= 0.6 is 0 Å². The van der Waals surface area contributed by atoms with Crippen LogP contribution in [0, 0.1) is 5.41 Å². The van der Waals surface area contributed by atoms with Gasteiger partial charge in [-0.3, -0.25) is 4.98 Å². The van der Waals surface area contributed by atoms with Crippen molar-refractivity contribution in [2.75, 3.05) is 0 Å². The summed E-state index contributed by atoms with van der Waals surface area (Å²) in [7, 11) is 0. The van der Waals surface area contributed by atoms with Gasteiger partial charge in [-0.05, 0) is 19.1 Å². The van der Waals surface area contributed by atoms with E-state index in [1.54, 1.807) is 18.3 Å². The number of rotatable bonds is 0. The number of carbonyl (C=O) groups excluding carboxylic acids is 1. The molecular weight excluding hydrogens is 190 g/mol. The average molecular weight is 205 g/mol. The Kier molecular flexibility index (Phi) is 1.90. The monoisotopic (exact) mass is 205 g/mol. The molecule has 1 aliphatic heterocycles. The summed E-state index contributed by atoms with van der Waals surface area (Å²) in [6, 6.07) is 3.52. The van der Waals surface area contributed by atoms with Crippen LogP contribution < -0.4 is 0 Å². The quantitative estimate of drug-likeness (QED) is 0.611. The second kappa shape index (κ2) is 2.81. The van der Waals surface area contributed by atoms with Crippen molar-refractivity contribution < 1.29 is 9.53 Å². The van der Waals surface area contributed by atoms with Crippen LogP contribution in [0.4, 0.5) is 0 Å². The molecule has 1 aliphatic rings. The van der Waals surface area contributed by atoms with Gasteiger partial charge >= 0.3 is 5.97 Å². The summed E-state index contributed by atoms with van der Waals surface area (Å²) in [5, 5.41) is 0. The molecule has 0 N–H and O–H groups in total. The second-order valence-electron chi connectivity index (χ2n) is 5.07. The third-order valence-corrected chi connectivity index (χ3v) is 3.21. The summed E-state index contributed by atoms with van der Waals surface area (Å²) < 4.78 is 5.48. The van der Waals surface area contributed by atoms with Crippen molar-refractivity contribution in [3.05, 3.63) is 29.6 Å². The van der Waals surface area contributed by atoms with Gasteiger partial charge in [0.1, 0.15) is 0 Å². The Labute approximate surface area is 89.5 Å². The fraction of sp³-hybridized carbons (Fsp3) is 0.500. The fourth-order valence-electron chi connectivity index (χ4n) is 1.75. The van der Waals surface area contributed by atoms with Gasteiger partial charge < -0.3 is 4.74 Å². The third-order valence-electron chi connectivity index (χ3n) is 3.21. The highest BCUT2D eigenvalue weighted by Gasteiger charge is 2.50. The van der Waals surface area contributed by atoms with Crippen LogP contribution in [0.5, 0.6) is 0 Å². The lowest BCUT2D eigenvalue weighted by atomic mass is 9.75. The normalized spacial score (nSPS) is 24.9. The van der Waals surface area contributed by atoms with E-state index in [4.69, 9.17) is 4.74 Å². The van der Waals surface area contributed by atoms with Gasteiger partial charge in [-0.1, -0.05) is 20.8 Å². The van der Waals surface area contributed by atoms with Gasteiger partial charge in [-0.15, -0.1) is 0 Å². The van der Waals surface area contributed by atoms with Crippen molar-refractivity contribution in [1.82, 2.24) is 4.98 Å². The Bertz CT molecular complexity index is 420. The number of nitrogens with zero attached hydrogens (tertiary/aromatic N) is 1.